The zero-order valence-electron chi connectivity index (χ0n) is 6.83. The van der Waals surface area contributed by atoms with Crippen molar-refractivity contribution in [2.24, 2.45) is 0 Å². The van der Waals surface area contributed by atoms with Gasteiger partial charge in [-0.2, -0.15) is 0 Å². The van der Waals surface area contributed by atoms with E-state index in [1.807, 2.05) is 0 Å². The second-order valence-corrected chi connectivity index (χ2v) is 4.50. The van der Waals surface area contributed by atoms with Gasteiger partial charge in [0.15, 0.2) is 0 Å². The van der Waals surface area contributed by atoms with Crippen molar-refractivity contribution in [1.29, 1.82) is 0 Å². The summed E-state index contributed by atoms with van der Waals surface area (Å²) >= 11 is 0. The molecule has 58 valence electrons. The predicted octanol–water partition coefficient (Wildman–Crippen LogP) is 0.588. The van der Waals surface area contributed by atoms with Gasteiger partial charge in [0.2, 0.25) is 0 Å². The summed E-state index contributed by atoms with van der Waals surface area (Å²) in [5.41, 5.74) is 2.29. The molecule has 1 heterocycles. The molecule has 0 aliphatic carbocycles. The van der Waals surface area contributed by atoms with Gasteiger partial charge in [-0.1, -0.05) is 18.2 Å². The lowest BCUT2D eigenvalue weighted by Crippen LogP contribution is -2.48. The summed E-state index contributed by atoms with van der Waals surface area (Å²) in [5.74, 6) is 0. The van der Waals surface area contributed by atoms with Crippen LogP contribution in [0.1, 0.15) is 6.42 Å². The molecule has 0 bridgehead atoms. The quantitative estimate of drug-likeness (QED) is 0.548. The summed E-state index contributed by atoms with van der Waals surface area (Å²) in [4.78, 5) is 2.49. The van der Waals surface area contributed by atoms with Gasteiger partial charge in [0.05, 0.1) is 0 Å². The molecule has 1 unspecified atom stereocenters. The van der Waals surface area contributed by atoms with E-state index in [2.05, 4.69) is 35.2 Å². The largest absolute Gasteiger partial charge is 0.372 e. The molecule has 1 aromatic carbocycles. The Labute approximate surface area is 70.5 Å². The SMILES string of the molecule is [SiH3]C1CCN1c1ccccc1. The predicted molar refractivity (Wildman–Crippen MR) is 52.1 cm³/mol. The molecule has 1 atom stereocenters. The molecule has 0 saturated carbocycles. The van der Waals surface area contributed by atoms with Gasteiger partial charge in [0, 0.05) is 28.1 Å². The number of para-hydroxylation sites is 1. The van der Waals surface area contributed by atoms with Gasteiger partial charge >= 0.3 is 0 Å². The molecule has 1 aromatic rings. The summed E-state index contributed by atoms with van der Waals surface area (Å²) in [7, 11) is 1.30. The van der Waals surface area contributed by atoms with Gasteiger partial charge in [-0.25, -0.2) is 0 Å². The summed E-state index contributed by atoms with van der Waals surface area (Å²) < 4.78 is 0. The Bertz CT molecular complexity index is 235. The highest BCUT2D eigenvalue weighted by molar-refractivity contribution is 6.14. The minimum Gasteiger partial charge on any atom is -0.372 e. The third-order valence-corrected chi connectivity index (χ3v) is 3.61. The highest BCUT2D eigenvalue weighted by Gasteiger charge is 2.22. The van der Waals surface area contributed by atoms with Crippen LogP contribution in [-0.2, 0) is 0 Å². The van der Waals surface area contributed by atoms with Crippen molar-refractivity contribution in [3.63, 3.8) is 0 Å². The molecule has 0 amide bonds. The van der Waals surface area contributed by atoms with Crippen LogP contribution in [0.15, 0.2) is 30.3 Å². The Hall–Kier alpha value is -0.763. The van der Waals surface area contributed by atoms with Crippen molar-refractivity contribution in [2.45, 2.75) is 12.1 Å². The molecule has 2 heteroatoms. The van der Waals surface area contributed by atoms with E-state index < -0.39 is 0 Å². The maximum Gasteiger partial charge on any atom is 0.0365 e. The second-order valence-electron chi connectivity index (χ2n) is 3.17. The Morgan fingerprint density at radius 3 is 2.45 bits per heavy atom. The summed E-state index contributed by atoms with van der Waals surface area (Å²) in [6.07, 6.45) is 1.40. The maximum absolute atomic E-state index is 2.49. The third kappa shape index (κ3) is 1.18. The normalized spacial score (nSPS) is 23.3. The summed E-state index contributed by atoms with van der Waals surface area (Å²) in [6.45, 7) is 1.26. The lowest BCUT2D eigenvalue weighted by atomic mass is 10.2. The standard InChI is InChI=1S/C9H13NSi/c11-9-6-7-10(9)8-4-2-1-3-5-8/h1-5,9H,6-7H2,11H3. The van der Waals surface area contributed by atoms with Gasteiger partial charge < -0.3 is 4.90 Å². The minimum atomic E-state index is 0.886. The molecule has 1 saturated heterocycles. The monoisotopic (exact) mass is 163 g/mol. The first-order valence-electron chi connectivity index (χ1n) is 4.19. The van der Waals surface area contributed by atoms with E-state index >= 15 is 0 Å². The number of benzene rings is 1. The fraction of sp³-hybridized carbons (Fsp3) is 0.333. The Morgan fingerprint density at radius 1 is 1.27 bits per heavy atom. The fourth-order valence-corrected chi connectivity index (χ4v) is 2.33. The van der Waals surface area contributed by atoms with Gasteiger partial charge in [-0.05, 0) is 18.6 Å². The van der Waals surface area contributed by atoms with Crippen molar-refractivity contribution < 1.29 is 0 Å². The smallest absolute Gasteiger partial charge is 0.0365 e. The molecule has 0 radical (unpaired) electrons. The first-order chi connectivity index (χ1) is 5.38. The van der Waals surface area contributed by atoms with E-state index in [0.717, 1.165) is 5.67 Å². The van der Waals surface area contributed by atoms with Gasteiger partial charge in [-0.15, -0.1) is 0 Å². The van der Waals surface area contributed by atoms with Gasteiger partial charge in [-0.3, -0.25) is 0 Å². The molecule has 0 N–H and O–H groups in total. The lowest BCUT2D eigenvalue weighted by Gasteiger charge is -2.41. The van der Waals surface area contributed by atoms with Gasteiger partial charge in [0.25, 0.3) is 0 Å². The van der Waals surface area contributed by atoms with Crippen LogP contribution in [0.2, 0.25) is 0 Å². The van der Waals surface area contributed by atoms with Crippen molar-refractivity contribution >= 4 is 15.9 Å². The number of hydrogen-bond acceptors (Lipinski definition) is 1. The van der Waals surface area contributed by atoms with Crippen LogP contribution in [0, 0.1) is 0 Å². The van der Waals surface area contributed by atoms with Crippen molar-refractivity contribution in [3.05, 3.63) is 30.3 Å². The van der Waals surface area contributed by atoms with Crippen molar-refractivity contribution in [1.82, 2.24) is 0 Å². The molecule has 0 spiro atoms. The lowest BCUT2D eigenvalue weighted by molar-refractivity contribution is 0.566. The number of rotatable bonds is 1. The Balaban J connectivity index is 2.17. The number of hydrogen-bond donors (Lipinski definition) is 0. The van der Waals surface area contributed by atoms with Crippen LogP contribution in [0.3, 0.4) is 0 Å². The third-order valence-electron chi connectivity index (χ3n) is 2.41. The van der Waals surface area contributed by atoms with Crippen LogP contribution in [0.4, 0.5) is 5.69 Å². The number of anilines is 1. The second kappa shape index (κ2) is 2.70. The molecule has 1 aliphatic rings. The van der Waals surface area contributed by atoms with Crippen molar-refractivity contribution in [2.75, 3.05) is 11.4 Å². The van der Waals surface area contributed by atoms with E-state index in [1.54, 1.807) is 0 Å². The number of nitrogens with zero attached hydrogens (tertiary/aromatic N) is 1. The average molecular weight is 163 g/mol. The zero-order valence-corrected chi connectivity index (χ0v) is 8.83. The fourth-order valence-electron chi connectivity index (χ4n) is 1.52. The summed E-state index contributed by atoms with van der Waals surface area (Å²) in [6, 6.07) is 10.7. The molecule has 1 nitrogen and oxygen atoms in total. The maximum atomic E-state index is 2.49. The van der Waals surface area contributed by atoms with Crippen molar-refractivity contribution in [3.8, 4) is 0 Å². The molecular weight excluding hydrogens is 150 g/mol. The molecule has 0 aromatic heterocycles. The molecular formula is C9H13NSi. The van der Waals surface area contributed by atoms with Crippen LogP contribution in [-0.4, -0.2) is 22.5 Å². The van der Waals surface area contributed by atoms with E-state index in [-0.39, 0.29) is 0 Å². The zero-order chi connectivity index (χ0) is 7.68. The first-order valence-corrected chi connectivity index (χ1v) is 5.35. The summed E-state index contributed by atoms with van der Waals surface area (Å²) in [5, 5.41) is 0. The minimum absolute atomic E-state index is 0.886. The van der Waals surface area contributed by atoms with Crippen LogP contribution >= 0.6 is 0 Å². The van der Waals surface area contributed by atoms with E-state index in [9.17, 15) is 0 Å². The van der Waals surface area contributed by atoms with Crippen LogP contribution < -0.4 is 4.90 Å². The Morgan fingerprint density at radius 2 is 2.00 bits per heavy atom. The van der Waals surface area contributed by atoms with E-state index in [0.29, 0.717) is 0 Å². The Kier molecular flexibility index (Phi) is 1.70. The van der Waals surface area contributed by atoms with Crippen LogP contribution in [0.25, 0.3) is 0 Å². The first kappa shape index (κ1) is 6.92. The molecule has 11 heavy (non-hydrogen) atoms. The van der Waals surface area contributed by atoms with Crippen LogP contribution in [0.5, 0.6) is 0 Å². The van der Waals surface area contributed by atoms with E-state index in [1.165, 1.54) is 28.9 Å². The molecule has 1 aliphatic heterocycles. The average Bonchev–Trinajstić information content (AvgIpc) is 2.04. The highest BCUT2D eigenvalue weighted by atomic mass is 28.1. The topological polar surface area (TPSA) is 3.24 Å². The molecule has 2 rings (SSSR count). The highest BCUT2D eigenvalue weighted by Crippen LogP contribution is 2.23. The van der Waals surface area contributed by atoms with E-state index in [4.69, 9.17) is 0 Å². The van der Waals surface area contributed by atoms with Gasteiger partial charge in [0.1, 0.15) is 0 Å². The molecule has 1 fully saturated rings.